The van der Waals surface area contributed by atoms with Crippen LogP contribution in [0.15, 0.2) is 18.7 Å². The third kappa shape index (κ3) is 3.63. The lowest BCUT2D eigenvalue weighted by Crippen LogP contribution is -2.47. The molecule has 0 saturated carbocycles. The van der Waals surface area contributed by atoms with Gasteiger partial charge in [-0.3, -0.25) is 0 Å². The van der Waals surface area contributed by atoms with Crippen molar-refractivity contribution in [3.05, 3.63) is 18.7 Å². The highest BCUT2D eigenvalue weighted by Crippen LogP contribution is 2.20. The molecular formula is C11H16N4O3S. The zero-order valence-corrected chi connectivity index (χ0v) is 11.2. The van der Waals surface area contributed by atoms with Crippen molar-refractivity contribution in [3.8, 4) is 0 Å². The average Bonchev–Trinajstić information content (AvgIpc) is 3.04. The van der Waals surface area contributed by atoms with E-state index in [1.54, 1.807) is 12.5 Å². The van der Waals surface area contributed by atoms with Crippen LogP contribution >= 0.6 is 11.8 Å². The maximum absolute atomic E-state index is 11.8. The minimum atomic E-state index is -0.946. The van der Waals surface area contributed by atoms with Gasteiger partial charge < -0.3 is 19.9 Å². The monoisotopic (exact) mass is 284 g/mol. The average molecular weight is 284 g/mol. The minimum absolute atomic E-state index is 0.303. The van der Waals surface area contributed by atoms with E-state index in [1.807, 2.05) is 10.8 Å². The van der Waals surface area contributed by atoms with Crippen molar-refractivity contribution < 1.29 is 14.7 Å². The third-order valence-corrected chi connectivity index (χ3v) is 3.87. The summed E-state index contributed by atoms with van der Waals surface area (Å²) in [4.78, 5) is 28.1. The van der Waals surface area contributed by atoms with Crippen LogP contribution in [0, 0.1) is 0 Å². The highest BCUT2D eigenvalue weighted by molar-refractivity contribution is 7.99. The van der Waals surface area contributed by atoms with Gasteiger partial charge in [0.1, 0.15) is 6.04 Å². The van der Waals surface area contributed by atoms with Crippen LogP contribution in [-0.4, -0.2) is 55.8 Å². The van der Waals surface area contributed by atoms with Crippen molar-refractivity contribution in [2.24, 2.45) is 0 Å². The van der Waals surface area contributed by atoms with Crippen LogP contribution < -0.4 is 5.32 Å². The summed E-state index contributed by atoms with van der Waals surface area (Å²) in [6.45, 7) is 1.29. The lowest BCUT2D eigenvalue weighted by molar-refractivity contribution is -0.140. The number of carbonyl (C=O) groups is 2. The molecule has 1 aromatic heterocycles. The number of amides is 2. The molecule has 1 fully saturated rings. The molecule has 2 N–H and O–H groups in total. The van der Waals surface area contributed by atoms with E-state index >= 15 is 0 Å². The van der Waals surface area contributed by atoms with Crippen LogP contribution in [0.5, 0.6) is 0 Å². The van der Waals surface area contributed by atoms with Gasteiger partial charge in [-0.25, -0.2) is 14.6 Å². The number of hydrogen-bond donors (Lipinski definition) is 2. The maximum atomic E-state index is 11.8. The molecule has 1 atom stereocenters. The summed E-state index contributed by atoms with van der Waals surface area (Å²) in [7, 11) is 0. The van der Waals surface area contributed by atoms with Crippen molar-refractivity contribution in [1.29, 1.82) is 0 Å². The van der Waals surface area contributed by atoms with Gasteiger partial charge in [-0.1, -0.05) is 0 Å². The van der Waals surface area contributed by atoms with Crippen LogP contribution in [0.4, 0.5) is 4.79 Å². The Kier molecular flexibility index (Phi) is 4.67. The fraction of sp³-hybridized carbons (Fsp3) is 0.545. The van der Waals surface area contributed by atoms with E-state index in [1.165, 1.54) is 16.7 Å². The number of carboxylic acid groups (broad SMARTS) is 1. The predicted molar refractivity (Wildman–Crippen MR) is 70.8 cm³/mol. The molecule has 2 amide bonds. The lowest BCUT2D eigenvalue weighted by Gasteiger charge is -2.20. The second-order valence-electron chi connectivity index (χ2n) is 4.21. The first-order chi connectivity index (χ1) is 9.18. The molecule has 2 rings (SSSR count). The number of aliphatic carboxylic acids is 1. The van der Waals surface area contributed by atoms with Crippen molar-refractivity contribution >= 4 is 23.8 Å². The molecule has 1 aliphatic heterocycles. The lowest BCUT2D eigenvalue weighted by atomic mass is 10.3. The predicted octanol–water partition coefficient (Wildman–Crippen LogP) is 0.442. The molecular weight excluding hydrogens is 268 g/mol. The Morgan fingerprint density at radius 1 is 1.53 bits per heavy atom. The molecule has 0 aromatic carbocycles. The molecule has 1 unspecified atom stereocenters. The number of hydrogen-bond acceptors (Lipinski definition) is 4. The fourth-order valence-electron chi connectivity index (χ4n) is 1.82. The van der Waals surface area contributed by atoms with Gasteiger partial charge in [-0.2, -0.15) is 0 Å². The van der Waals surface area contributed by atoms with Gasteiger partial charge in [0.05, 0.1) is 12.2 Å². The largest absolute Gasteiger partial charge is 0.480 e. The summed E-state index contributed by atoms with van der Waals surface area (Å²) in [5, 5.41) is 11.7. The van der Waals surface area contributed by atoms with Gasteiger partial charge in [0, 0.05) is 31.2 Å². The van der Waals surface area contributed by atoms with Gasteiger partial charge in [0.15, 0.2) is 0 Å². The Balaban J connectivity index is 1.70. The molecule has 1 saturated heterocycles. The van der Waals surface area contributed by atoms with E-state index in [4.69, 9.17) is 5.11 Å². The minimum Gasteiger partial charge on any atom is -0.480 e. The van der Waals surface area contributed by atoms with E-state index in [0.717, 1.165) is 13.0 Å². The van der Waals surface area contributed by atoms with Crippen molar-refractivity contribution in [2.45, 2.75) is 19.0 Å². The van der Waals surface area contributed by atoms with E-state index in [9.17, 15) is 9.59 Å². The summed E-state index contributed by atoms with van der Waals surface area (Å²) in [6, 6.07) is -1.01. The van der Waals surface area contributed by atoms with Crippen molar-refractivity contribution in [2.75, 3.05) is 18.2 Å². The van der Waals surface area contributed by atoms with E-state index in [0.29, 0.717) is 18.2 Å². The molecule has 1 aromatic rings. The third-order valence-electron chi connectivity index (χ3n) is 2.86. The van der Waals surface area contributed by atoms with E-state index in [-0.39, 0.29) is 6.03 Å². The first-order valence-corrected chi connectivity index (χ1v) is 7.14. The normalized spacial score (nSPS) is 18.5. The number of carbonyl (C=O) groups excluding carboxylic acids is 1. The summed E-state index contributed by atoms with van der Waals surface area (Å²) in [5.41, 5.74) is 0. The summed E-state index contributed by atoms with van der Waals surface area (Å²) in [5.74, 6) is -0.0548. The van der Waals surface area contributed by atoms with Gasteiger partial charge in [-0.05, 0) is 6.42 Å². The standard InChI is InChI=1S/C11H16N4O3S/c16-10(17)9-6-19-8-15(9)11(18)13-2-1-4-14-5-3-12-7-14/h3,5,7,9H,1-2,4,6,8H2,(H,13,18)(H,16,17). The van der Waals surface area contributed by atoms with Crippen LogP contribution in [0.3, 0.4) is 0 Å². The van der Waals surface area contributed by atoms with Gasteiger partial charge in [0.25, 0.3) is 0 Å². The Morgan fingerprint density at radius 3 is 3.05 bits per heavy atom. The zero-order valence-electron chi connectivity index (χ0n) is 10.4. The number of carboxylic acids is 1. The fourth-order valence-corrected chi connectivity index (χ4v) is 2.97. The summed E-state index contributed by atoms with van der Waals surface area (Å²) in [6.07, 6.45) is 6.07. The molecule has 0 radical (unpaired) electrons. The Bertz CT molecular complexity index is 437. The van der Waals surface area contributed by atoms with Crippen LogP contribution in [0.1, 0.15) is 6.42 Å². The number of imidazole rings is 1. The molecule has 7 nitrogen and oxygen atoms in total. The first kappa shape index (κ1) is 13.7. The number of nitrogens with zero attached hydrogens (tertiary/aromatic N) is 3. The van der Waals surface area contributed by atoms with Crippen molar-refractivity contribution in [3.63, 3.8) is 0 Å². The van der Waals surface area contributed by atoms with Crippen LogP contribution in [0.25, 0.3) is 0 Å². The number of nitrogens with one attached hydrogen (secondary N) is 1. The highest BCUT2D eigenvalue weighted by atomic mass is 32.2. The number of thioether (sulfide) groups is 1. The van der Waals surface area contributed by atoms with Crippen molar-refractivity contribution in [1.82, 2.24) is 19.8 Å². The molecule has 104 valence electrons. The molecule has 2 heterocycles. The molecule has 0 aliphatic carbocycles. The Morgan fingerprint density at radius 2 is 2.37 bits per heavy atom. The van der Waals surface area contributed by atoms with E-state index < -0.39 is 12.0 Å². The Hall–Kier alpha value is -1.70. The number of aryl methyl sites for hydroxylation is 1. The molecule has 1 aliphatic rings. The van der Waals surface area contributed by atoms with Gasteiger partial charge in [0.2, 0.25) is 0 Å². The first-order valence-electron chi connectivity index (χ1n) is 5.99. The second kappa shape index (κ2) is 6.46. The number of aromatic nitrogens is 2. The maximum Gasteiger partial charge on any atom is 0.327 e. The van der Waals surface area contributed by atoms with Crippen LogP contribution in [-0.2, 0) is 11.3 Å². The highest BCUT2D eigenvalue weighted by Gasteiger charge is 2.34. The van der Waals surface area contributed by atoms with Gasteiger partial charge in [-0.15, -0.1) is 11.8 Å². The molecule has 0 bridgehead atoms. The molecule has 8 heteroatoms. The van der Waals surface area contributed by atoms with E-state index in [2.05, 4.69) is 10.3 Å². The SMILES string of the molecule is O=C(O)C1CSCN1C(=O)NCCCn1ccnc1. The second-order valence-corrected chi connectivity index (χ2v) is 5.21. The smallest absolute Gasteiger partial charge is 0.327 e. The quantitative estimate of drug-likeness (QED) is 0.766. The molecule has 0 spiro atoms. The zero-order chi connectivity index (χ0) is 13.7. The number of rotatable bonds is 5. The number of urea groups is 1. The molecule has 19 heavy (non-hydrogen) atoms. The van der Waals surface area contributed by atoms with Gasteiger partial charge >= 0.3 is 12.0 Å². The Labute approximate surface area is 115 Å². The topological polar surface area (TPSA) is 87.5 Å². The summed E-state index contributed by atoms with van der Waals surface area (Å²) < 4.78 is 1.93. The summed E-state index contributed by atoms with van der Waals surface area (Å²) >= 11 is 1.46. The van der Waals surface area contributed by atoms with Crippen LogP contribution in [0.2, 0.25) is 0 Å².